The summed E-state index contributed by atoms with van der Waals surface area (Å²) >= 11 is 0. The Morgan fingerprint density at radius 3 is 2.32 bits per heavy atom. The van der Waals surface area contributed by atoms with Crippen LogP contribution in [0.5, 0.6) is 5.75 Å². The number of sulfone groups is 1. The van der Waals surface area contributed by atoms with E-state index in [1.165, 1.54) is 43.5 Å². The number of hydrogen-bond donors (Lipinski definition) is 0. The predicted molar refractivity (Wildman–Crippen MR) is 93.6 cm³/mol. The molecule has 0 aliphatic rings. The van der Waals surface area contributed by atoms with Gasteiger partial charge in [-0.05, 0) is 24.3 Å². The first-order valence-corrected chi connectivity index (χ1v) is 9.72. The topological polar surface area (TPSA) is 61.2 Å². The minimum absolute atomic E-state index is 0.0178. The van der Waals surface area contributed by atoms with Crippen molar-refractivity contribution in [3.05, 3.63) is 60.0 Å². The third kappa shape index (κ3) is 3.72. The van der Waals surface area contributed by atoms with Gasteiger partial charge in [-0.3, -0.25) is 0 Å². The van der Waals surface area contributed by atoms with E-state index in [9.17, 15) is 26.0 Å². The highest BCUT2D eigenvalue weighted by Gasteiger charge is 2.36. The average molecular weight is 414 g/mol. The first-order valence-electron chi connectivity index (χ1n) is 7.83. The zero-order valence-electron chi connectivity index (χ0n) is 14.7. The summed E-state index contributed by atoms with van der Waals surface area (Å²) in [7, 11) is -2.49. The molecular weight excluding hydrogens is 400 g/mol. The number of rotatable bonds is 4. The largest absolute Gasteiger partial charge is 0.494 e. The molecule has 1 aromatic heterocycles. The highest BCUT2D eigenvalue weighted by molar-refractivity contribution is 7.90. The molecule has 2 aromatic carbocycles. The maximum atomic E-state index is 14.1. The SMILES string of the molecule is COc1ccc(-n2nc(C(F)(F)F)cc2-c2ccccc2S(C)(=O)=O)cc1F. The molecular formula is C18H14F4N2O3S. The summed E-state index contributed by atoms with van der Waals surface area (Å²) in [5.74, 6) is -0.892. The Morgan fingerprint density at radius 1 is 1.07 bits per heavy atom. The smallest absolute Gasteiger partial charge is 0.435 e. The van der Waals surface area contributed by atoms with Crippen molar-refractivity contribution in [1.82, 2.24) is 9.78 Å². The number of methoxy groups -OCH3 is 1. The number of aromatic nitrogens is 2. The molecule has 0 atom stereocenters. The Labute approximate surface area is 158 Å². The van der Waals surface area contributed by atoms with Crippen molar-refractivity contribution < 1.29 is 30.7 Å². The van der Waals surface area contributed by atoms with Crippen molar-refractivity contribution in [2.24, 2.45) is 0 Å². The summed E-state index contributed by atoms with van der Waals surface area (Å²) in [6, 6.07) is 9.84. The number of benzene rings is 2. The molecule has 0 unspecified atom stereocenters. The molecule has 3 rings (SSSR count). The zero-order chi connectivity index (χ0) is 20.7. The van der Waals surface area contributed by atoms with E-state index in [1.54, 1.807) is 0 Å². The molecule has 0 aliphatic carbocycles. The van der Waals surface area contributed by atoms with Crippen molar-refractivity contribution in [2.45, 2.75) is 11.1 Å². The lowest BCUT2D eigenvalue weighted by atomic mass is 10.1. The van der Waals surface area contributed by atoms with Gasteiger partial charge in [0.1, 0.15) is 0 Å². The molecule has 0 saturated heterocycles. The standard InChI is InChI=1S/C18H14F4N2O3S/c1-27-15-8-7-11(9-13(15)19)24-14(10-17(23-24)18(20,21)22)12-5-3-4-6-16(12)28(2,25)26/h3-10H,1-2H3. The first kappa shape index (κ1) is 19.9. The van der Waals surface area contributed by atoms with Gasteiger partial charge in [-0.1, -0.05) is 18.2 Å². The number of ether oxygens (including phenoxy) is 1. The van der Waals surface area contributed by atoms with Gasteiger partial charge in [0, 0.05) is 17.9 Å². The molecule has 0 radical (unpaired) electrons. The lowest BCUT2D eigenvalue weighted by molar-refractivity contribution is -0.141. The fraction of sp³-hybridized carbons (Fsp3) is 0.167. The molecule has 5 nitrogen and oxygen atoms in total. The Hall–Kier alpha value is -2.88. The van der Waals surface area contributed by atoms with Crippen molar-refractivity contribution in [3.8, 4) is 22.7 Å². The van der Waals surface area contributed by atoms with Crippen molar-refractivity contribution >= 4 is 9.84 Å². The summed E-state index contributed by atoms with van der Waals surface area (Å²) in [6.07, 6.45) is -3.82. The maximum absolute atomic E-state index is 14.1. The molecule has 0 spiro atoms. The van der Waals surface area contributed by atoms with Gasteiger partial charge in [0.05, 0.1) is 23.4 Å². The van der Waals surface area contributed by atoms with Gasteiger partial charge < -0.3 is 4.74 Å². The molecule has 28 heavy (non-hydrogen) atoms. The summed E-state index contributed by atoms with van der Waals surface area (Å²) < 4.78 is 83.7. The summed E-state index contributed by atoms with van der Waals surface area (Å²) in [4.78, 5) is -0.168. The molecule has 10 heteroatoms. The van der Waals surface area contributed by atoms with Crippen LogP contribution in [0, 0.1) is 5.82 Å². The van der Waals surface area contributed by atoms with Crippen LogP contribution >= 0.6 is 0 Å². The van der Waals surface area contributed by atoms with Gasteiger partial charge in [0.25, 0.3) is 0 Å². The van der Waals surface area contributed by atoms with Crippen molar-refractivity contribution in [3.63, 3.8) is 0 Å². The van der Waals surface area contributed by atoms with Crippen LogP contribution in [0.1, 0.15) is 5.69 Å². The minimum atomic E-state index is -4.77. The van der Waals surface area contributed by atoms with Crippen LogP contribution in [0.25, 0.3) is 16.9 Å². The van der Waals surface area contributed by atoms with Gasteiger partial charge in [0.15, 0.2) is 27.1 Å². The molecule has 1 heterocycles. The number of halogens is 4. The van der Waals surface area contributed by atoms with Gasteiger partial charge in [-0.25, -0.2) is 17.5 Å². The molecule has 0 amide bonds. The summed E-state index contributed by atoms with van der Waals surface area (Å²) in [5, 5.41) is 3.54. The van der Waals surface area contributed by atoms with E-state index < -0.39 is 27.5 Å². The first-order chi connectivity index (χ1) is 13.0. The van der Waals surface area contributed by atoms with Crippen molar-refractivity contribution in [2.75, 3.05) is 13.4 Å². The third-order valence-electron chi connectivity index (χ3n) is 3.94. The van der Waals surface area contributed by atoms with Crippen LogP contribution in [0.4, 0.5) is 17.6 Å². The third-order valence-corrected chi connectivity index (χ3v) is 5.10. The van der Waals surface area contributed by atoms with E-state index >= 15 is 0 Å². The van der Waals surface area contributed by atoms with E-state index in [0.29, 0.717) is 0 Å². The maximum Gasteiger partial charge on any atom is 0.435 e. The van der Waals surface area contributed by atoms with Crippen LogP contribution in [0.2, 0.25) is 0 Å². The van der Waals surface area contributed by atoms with E-state index in [2.05, 4.69) is 5.10 Å². The molecule has 0 saturated carbocycles. The van der Waals surface area contributed by atoms with Crippen LogP contribution in [0.15, 0.2) is 53.4 Å². The Morgan fingerprint density at radius 2 is 1.75 bits per heavy atom. The average Bonchev–Trinajstić information content (AvgIpc) is 3.06. The van der Waals surface area contributed by atoms with Gasteiger partial charge >= 0.3 is 6.18 Å². The molecule has 0 bridgehead atoms. The molecule has 3 aromatic rings. The number of alkyl halides is 3. The van der Waals surface area contributed by atoms with Gasteiger partial charge in [-0.2, -0.15) is 18.3 Å². The van der Waals surface area contributed by atoms with Crippen LogP contribution in [0.3, 0.4) is 0 Å². The summed E-state index contributed by atoms with van der Waals surface area (Å²) in [6.45, 7) is 0. The van der Waals surface area contributed by atoms with E-state index in [1.807, 2.05) is 0 Å². The minimum Gasteiger partial charge on any atom is -0.494 e. The van der Waals surface area contributed by atoms with Crippen molar-refractivity contribution in [1.29, 1.82) is 0 Å². The lowest BCUT2D eigenvalue weighted by Gasteiger charge is -2.12. The Balaban J connectivity index is 2.31. The summed E-state index contributed by atoms with van der Waals surface area (Å²) in [5.41, 5.74) is -1.38. The number of nitrogens with zero attached hydrogens (tertiary/aromatic N) is 2. The fourth-order valence-corrected chi connectivity index (χ4v) is 3.59. The second-order valence-corrected chi connectivity index (χ2v) is 7.90. The highest BCUT2D eigenvalue weighted by Crippen LogP contribution is 2.36. The monoisotopic (exact) mass is 414 g/mol. The highest BCUT2D eigenvalue weighted by atomic mass is 32.2. The van der Waals surface area contributed by atoms with E-state index in [4.69, 9.17) is 4.74 Å². The van der Waals surface area contributed by atoms with E-state index in [0.717, 1.165) is 23.1 Å². The second-order valence-electron chi connectivity index (χ2n) is 5.91. The quantitative estimate of drug-likeness (QED) is 0.603. The zero-order valence-corrected chi connectivity index (χ0v) is 15.5. The second kappa shape index (κ2) is 6.93. The van der Waals surface area contributed by atoms with Crippen LogP contribution in [-0.4, -0.2) is 31.6 Å². The molecule has 0 fully saturated rings. The van der Waals surface area contributed by atoms with Gasteiger partial charge in [-0.15, -0.1) is 0 Å². The van der Waals surface area contributed by atoms with E-state index in [-0.39, 0.29) is 27.6 Å². The Kier molecular flexibility index (Phi) is 4.92. The fourth-order valence-electron chi connectivity index (χ4n) is 2.70. The van der Waals surface area contributed by atoms with Crippen LogP contribution in [-0.2, 0) is 16.0 Å². The van der Waals surface area contributed by atoms with Crippen LogP contribution < -0.4 is 4.74 Å². The molecule has 0 aliphatic heterocycles. The predicted octanol–water partition coefficient (Wildman–Crippen LogP) is 4.11. The van der Waals surface area contributed by atoms with Gasteiger partial charge in [0.2, 0.25) is 0 Å². The normalized spacial score (nSPS) is 12.2. The molecule has 148 valence electrons. The Bertz CT molecular complexity index is 1140. The number of hydrogen-bond acceptors (Lipinski definition) is 4. The lowest BCUT2D eigenvalue weighted by Crippen LogP contribution is -2.08. The molecule has 0 N–H and O–H groups in total.